The molecule has 74 heavy (non-hydrogen) atoms. The number of benzene rings is 10. The molecule has 10 heteroatoms. The maximum absolute atomic E-state index is 9.50. The molecule has 2 N–H and O–H groups in total. The first-order chi connectivity index (χ1) is 36.2. The Kier molecular flexibility index (Phi) is 11.8. The van der Waals surface area contributed by atoms with Crippen molar-refractivity contribution in [3.63, 3.8) is 0 Å². The fourth-order valence-corrected chi connectivity index (χ4v) is 12.4. The summed E-state index contributed by atoms with van der Waals surface area (Å²) in [6, 6.07) is 77.2. The summed E-state index contributed by atoms with van der Waals surface area (Å²) in [4.78, 5) is 0. The molecule has 2 heterocycles. The molecule has 0 aromatic heterocycles. The Morgan fingerprint density at radius 2 is 0.757 bits per heavy atom. The second-order valence-electron chi connectivity index (χ2n) is 18.2. The fraction of sp³-hybridized carbons (Fsp3) is 0.0312. The van der Waals surface area contributed by atoms with Crippen LogP contribution in [0.3, 0.4) is 0 Å². The van der Waals surface area contributed by atoms with E-state index in [1.165, 1.54) is 50.6 Å². The lowest BCUT2D eigenvalue weighted by atomic mass is 9.65. The predicted molar refractivity (Wildman–Crippen MR) is 296 cm³/mol. The van der Waals surface area contributed by atoms with Crippen molar-refractivity contribution in [1.82, 2.24) is 0 Å². The van der Waals surface area contributed by atoms with E-state index in [4.69, 9.17) is 48.0 Å². The van der Waals surface area contributed by atoms with E-state index in [0.717, 1.165) is 55.1 Å². The zero-order chi connectivity index (χ0) is 50.7. The smallest absolute Gasteiger partial charge is 0.454 e. The molecule has 0 saturated heterocycles. The van der Waals surface area contributed by atoms with Crippen LogP contribution in [0.4, 0.5) is 0 Å². The Morgan fingerprint density at radius 1 is 0.392 bits per heavy atom. The third kappa shape index (κ3) is 7.14. The average molecular weight is 1060 g/mol. The molecule has 2 aliphatic heterocycles. The summed E-state index contributed by atoms with van der Waals surface area (Å²) in [5.74, 6) is 3.01. The second-order valence-corrected chi connectivity index (χ2v) is 19.9. The molecule has 0 bridgehead atoms. The maximum Gasteiger partial charge on any atom is 0.488 e. The molecule has 14 rings (SSSR count). The summed E-state index contributed by atoms with van der Waals surface area (Å²) in [5, 5.41) is 36.5. The number of fused-ring (bicyclic) bond motifs is 18. The summed E-state index contributed by atoms with van der Waals surface area (Å²) in [7, 11) is -1.50. The third-order valence-corrected chi connectivity index (χ3v) is 15.7. The van der Waals surface area contributed by atoms with Gasteiger partial charge in [0.05, 0.1) is 48.6 Å². The van der Waals surface area contributed by atoms with Gasteiger partial charge in [0, 0.05) is 27.8 Å². The lowest BCUT2D eigenvalue weighted by Gasteiger charge is -2.40. The molecule has 0 radical (unpaired) electrons. The Bertz CT molecular complexity index is 3870. The van der Waals surface area contributed by atoms with Crippen LogP contribution in [0, 0.1) is 22.7 Å². The zero-order valence-corrected chi connectivity index (χ0v) is 42.2. The lowest BCUT2D eigenvalue weighted by Crippen LogP contribution is -2.32. The first kappa shape index (κ1) is 46.9. The lowest BCUT2D eigenvalue weighted by molar-refractivity contribution is 0.425. The van der Waals surface area contributed by atoms with E-state index in [1.807, 2.05) is 60.7 Å². The zero-order valence-electron chi connectivity index (χ0n) is 39.1. The van der Waals surface area contributed by atoms with Crippen LogP contribution in [-0.2, 0) is 10.8 Å². The number of rotatable bonds is 2. The molecular weight excluding hydrogens is 1020 g/mol. The number of ether oxygens (including phenoxy) is 2. The van der Waals surface area contributed by atoms with E-state index in [2.05, 4.69) is 162 Å². The standard InChI is InChI=1S/C32H18ClNO.C25H14BrClO.C7H6BNO2/c33-29-17-7-16-28-31(29)35-30-22(21-9-5-8-20(18-21)19-34)12-6-15-27(30)32(28)25-13-3-1-10-23(25)24-11-2-4-14-26(24)32;26-21-13-5-11-19-23(21)28-24-20(12-6-14-22(24)27)25(19)17-9-3-1-7-15(17)16-8-2-4-10-18(16)25;9-5-6-2-1-3-7(4-6)8(10)11/h1-18H;1-14H;1-4,10-11H. The summed E-state index contributed by atoms with van der Waals surface area (Å²) < 4.78 is 14.0. The van der Waals surface area contributed by atoms with Gasteiger partial charge in [0.25, 0.3) is 0 Å². The van der Waals surface area contributed by atoms with E-state index < -0.39 is 17.9 Å². The van der Waals surface area contributed by atoms with Crippen molar-refractivity contribution in [2.75, 3.05) is 0 Å². The number of hydrogen-bond acceptors (Lipinski definition) is 6. The average Bonchev–Trinajstić information content (AvgIpc) is 3.92. The SMILES string of the molecule is Clc1cccc2c1Oc1c(Br)cccc1C21c2ccccc2-c2ccccc21.N#Cc1cccc(-c2cccc3c2Oc2c(Cl)cccc2C32c3ccccc3-c3ccccc32)c1.N#Cc1cccc(B(O)O)c1. The highest BCUT2D eigenvalue weighted by molar-refractivity contribution is 9.10. The Balaban J connectivity index is 0.000000127. The Labute approximate surface area is 446 Å². The molecule has 2 spiro atoms. The Hall–Kier alpha value is -8.18. The summed E-state index contributed by atoms with van der Waals surface area (Å²) >= 11 is 17.1. The normalized spacial score (nSPS) is 13.3. The summed E-state index contributed by atoms with van der Waals surface area (Å²) in [5.41, 5.74) is 16.5. The van der Waals surface area contributed by atoms with Gasteiger partial charge in [-0.25, -0.2) is 0 Å². The van der Waals surface area contributed by atoms with Crippen molar-refractivity contribution in [1.29, 1.82) is 10.5 Å². The predicted octanol–water partition coefficient (Wildman–Crippen LogP) is 15.2. The van der Waals surface area contributed by atoms with Crippen molar-refractivity contribution >= 4 is 51.7 Å². The van der Waals surface area contributed by atoms with Crippen LogP contribution < -0.4 is 14.9 Å². The highest BCUT2D eigenvalue weighted by Crippen LogP contribution is 2.65. The van der Waals surface area contributed by atoms with Crippen LogP contribution in [0.2, 0.25) is 10.0 Å². The van der Waals surface area contributed by atoms with Crippen molar-refractivity contribution in [3.8, 4) is 68.5 Å². The largest absolute Gasteiger partial charge is 0.488 e. The molecule has 10 aromatic carbocycles. The van der Waals surface area contributed by atoms with Gasteiger partial charge in [0.2, 0.25) is 0 Å². The van der Waals surface area contributed by atoms with Gasteiger partial charge in [-0.05, 0) is 114 Å². The molecule has 0 unspecified atom stereocenters. The van der Waals surface area contributed by atoms with E-state index >= 15 is 0 Å². The minimum absolute atomic E-state index is 0.337. The van der Waals surface area contributed by atoms with Crippen LogP contribution >= 0.6 is 39.1 Å². The topological polar surface area (TPSA) is 106 Å². The molecular formula is C64H38BBrCl2N2O4. The first-order valence-corrected chi connectivity index (χ1v) is 25.4. The van der Waals surface area contributed by atoms with Gasteiger partial charge in [0.1, 0.15) is 11.5 Å². The van der Waals surface area contributed by atoms with Crippen LogP contribution in [0.5, 0.6) is 23.0 Å². The highest BCUT2D eigenvalue weighted by atomic mass is 79.9. The van der Waals surface area contributed by atoms with Gasteiger partial charge in [-0.1, -0.05) is 199 Å². The van der Waals surface area contributed by atoms with E-state index in [9.17, 15) is 5.26 Å². The minimum Gasteiger partial charge on any atom is -0.454 e. The van der Waals surface area contributed by atoms with Crippen LogP contribution in [-0.4, -0.2) is 17.2 Å². The second kappa shape index (κ2) is 18.7. The maximum atomic E-state index is 9.50. The molecule has 0 amide bonds. The van der Waals surface area contributed by atoms with Gasteiger partial charge >= 0.3 is 7.12 Å². The minimum atomic E-state index is -1.50. The van der Waals surface area contributed by atoms with Crippen molar-refractivity contribution < 1.29 is 19.5 Å². The summed E-state index contributed by atoms with van der Waals surface area (Å²) in [6.45, 7) is 0. The number of halogens is 3. The summed E-state index contributed by atoms with van der Waals surface area (Å²) in [6.07, 6.45) is 0. The van der Waals surface area contributed by atoms with Gasteiger partial charge in [-0.2, -0.15) is 10.5 Å². The fourth-order valence-electron chi connectivity index (χ4n) is 11.5. The number of hydrogen-bond donors (Lipinski definition) is 2. The Morgan fingerprint density at radius 3 is 1.24 bits per heavy atom. The molecule has 6 nitrogen and oxygen atoms in total. The molecule has 2 aliphatic carbocycles. The van der Waals surface area contributed by atoms with Crippen LogP contribution in [0.1, 0.15) is 55.6 Å². The number of nitriles is 2. The molecule has 0 fully saturated rings. The third-order valence-electron chi connectivity index (χ3n) is 14.5. The number of para-hydroxylation sites is 4. The van der Waals surface area contributed by atoms with Gasteiger partial charge in [-0.3, -0.25) is 0 Å². The van der Waals surface area contributed by atoms with Crippen molar-refractivity contribution in [3.05, 3.63) is 289 Å². The van der Waals surface area contributed by atoms with Crippen LogP contribution in [0.25, 0.3) is 33.4 Å². The highest BCUT2D eigenvalue weighted by Gasteiger charge is 2.53. The first-order valence-electron chi connectivity index (χ1n) is 23.8. The van der Waals surface area contributed by atoms with E-state index in [-0.39, 0.29) is 0 Å². The van der Waals surface area contributed by atoms with Gasteiger partial charge in [-0.15, -0.1) is 0 Å². The number of nitrogens with zero attached hydrogens (tertiary/aromatic N) is 2. The van der Waals surface area contributed by atoms with Gasteiger partial charge in [0.15, 0.2) is 11.5 Å². The van der Waals surface area contributed by atoms with Crippen LogP contribution in [0.15, 0.2) is 223 Å². The van der Waals surface area contributed by atoms with E-state index in [0.29, 0.717) is 32.4 Å². The molecule has 0 saturated carbocycles. The molecule has 10 aromatic rings. The van der Waals surface area contributed by atoms with Crippen molar-refractivity contribution in [2.24, 2.45) is 0 Å². The molecule has 4 aliphatic rings. The van der Waals surface area contributed by atoms with Crippen molar-refractivity contribution in [2.45, 2.75) is 10.8 Å². The molecule has 352 valence electrons. The molecule has 0 atom stereocenters. The monoisotopic (exact) mass is 1060 g/mol. The van der Waals surface area contributed by atoms with Gasteiger partial charge < -0.3 is 19.5 Å². The van der Waals surface area contributed by atoms with E-state index in [1.54, 1.807) is 18.2 Å². The quantitative estimate of drug-likeness (QED) is 0.167.